The van der Waals surface area contributed by atoms with Gasteiger partial charge in [0.15, 0.2) is 11.6 Å². The molecule has 0 saturated carbocycles. The summed E-state index contributed by atoms with van der Waals surface area (Å²) in [6.07, 6.45) is 0.180. The number of halogens is 1. The lowest BCUT2D eigenvalue weighted by Gasteiger charge is -2.08. The first-order valence-electron chi connectivity index (χ1n) is 8.11. The lowest BCUT2D eigenvalue weighted by molar-refractivity contribution is 0.0977. The minimum Gasteiger partial charge on any atom is -0.294 e. The fourth-order valence-electron chi connectivity index (χ4n) is 3.37. The van der Waals surface area contributed by atoms with Crippen LogP contribution in [0.15, 0.2) is 60.7 Å². The van der Waals surface area contributed by atoms with Crippen molar-refractivity contribution in [2.75, 3.05) is 0 Å². The number of aryl methyl sites for hydroxylation is 1. The highest BCUT2D eigenvalue weighted by Crippen LogP contribution is 2.38. The van der Waals surface area contributed by atoms with Crippen LogP contribution in [0.1, 0.15) is 37.4 Å². The number of benzene rings is 3. The predicted molar refractivity (Wildman–Crippen MR) is 99.5 cm³/mol. The molecule has 0 aliphatic heterocycles. The van der Waals surface area contributed by atoms with E-state index in [1.165, 1.54) is 0 Å². The Labute approximate surface area is 151 Å². The summed E-state index contributed by atoms with van der Waals surface area (Å²) in [5.41, 5.74) is 5.19. The lowest BCUT2D eigenvalue weighted by Crippen LogP contribution is -2.10. The highest BCUT2D eigenvalue weighted by molar-refractivity contribution is 6.32. The molecule has 0 heterocycles. The van der Waals surface area contributed by atoms with Gasteiger partial charge in [0, 0.05) is 28.1 Å². The van der Waals surface area contributed by atoms with Crippen LogP contribution in [0, 0.1) is 6.92 Å². The molecule has 1 aliphatic carbocycles. The summed E-state index contributed by atoms with van der Waals surface area (Å²) in [7, 11) is 0. The summed E-state index contributed by atoms with van der Waals surface area (Å²) in [6, 6.07) is 18.6. The molecule has 0 radical (unpaired) electrons. The second-order valence-corrected chi connectivity index (χ2v) is 6.70. The number of hydrogen-bond acceptors (Lipinski definition) is 2. The summed E-state index contributed by atoms with van der Waals surface area (Å²) in [5, 5.41) is 0.579. The smallest absolute Gasteiger partial charge is 0.195 e. The Morgan fingerprint density at radius 2 is 1.64 bits per heavy atom. The number of rotatable bonds is 3. The van der Waals surface area contributed by atoms with E-state index >= 15 is 0 Å². The number of hydrogen-bond donors (Lipinski definition) is 0. The molecule has 3 aromatic carbocycles. The van der Waals surface area contributed by atoms with Gasteiger partial charge in [0.1, 0.15) is 0 Å². The summed E-state index contributed by atoms with van der Waals surface area (Å²) >= 11 is 6.26. The molecule has 0 atom stereocenters. The number of ketones is 2. The van der Waals surface area contributed by atoms with Crippen LogP contribution in [0.5, 0.6) is 0 Å². The summed E-state index contributed by atoms with van der Waals surface area (Å²) in [5.74, 6) is -0.173. The van der Waals surface area contributed by atoms with E-state index in [0.29, 0.717) is 21.7 Å². The van der Waals surface area contributed by atoms with Crippen molar-refractivity contribution >= 4 is 23.2 Å². The molecular formula is C22H15ClO2. The van der Waals surface area contributed by atoms with E-state index in [2.05, 4.69) is 0 Å². The van der Waals surface area contributed by atoms with Crippen LogP contribution in [0.2, 0.25) is 5.02 Å². The van der Waals surface area contributed by atoms with Crippen LogP contribution < -0.4 is 0 Å². The quantitative estimate of drug-likeness (QED) is 0.473. The monoisotopic (exact) mass is 346 g/mol. The van der Waals surface area contributed by atoms with E-state index in [0.717, 1.165) is 22.3 Å². The van der Waals surface area contributed by atoms with Crippen LogP contribution in [-0.2, 0) is 6.42 Å². The molecule has 0 bridgehead atoms. The molecule has 122 valence electrons. The topological polar surface area (TPSA) is 34.1 Å². The van der Waals surface area contributed by atoms with Gasteiger partial charge in [0.2, 0.25) is 0 Å². The predicted octanol–water partition coefficient (Wildman–Crippen LogP) is 5.29. The summed E-state index contributed by atoms with van der Waals surface area (Å²) in [6.45, 7) is 1.96. The molecule has 0 saturated heterocycles. The highest BCUT2D eigenvalue weighted by Gasteiger charge is 2.30. The van der Waals surface area contributed by atoms with E-state index in [1.54, 1.807) is 6.07 Å². The van der Waals surface area contributed by atoms with Gasteiger partial charge in [0.05, 0.1) is 0 Å². The molecule has 0 fully saturated rings. The Balaban J connectivity index is 1.76. The third-order valence-corrected chi connectivity index (χ3v) is 4.97. The highest BCUT2D eigenvalue weighted by atomic mass is 35.5. The van der Waals surface area contributed by atoms with Crippen LogP contribution in [-0.4, -0.2) is 11.6 Å². The third-order valence-electron chi connectivity index (χ3n) is 4.61. The lowest BCUT2D eigenvalue weighted by atomic mass is 9.94. The molecule has 0 N–H and O–H groups in total. The number of carbonyl (C=O) groups excluding carboxylic acids is 2. The molecule has 1 aliphatic rings. The second-order valence-electron chi connectivity index (χ2n) is 6.30. The Kier molecular flexibility index (Phi) is 3.78. The number of Topliss-reactive ketones (excluding diaryl/α,β-unsaturated/α-hetero) is 1. The van der Waals surface area contributed by atoms with E-state index in [4.69, 9.17) is 11.6 Å². The molecule has 0 amide bonds. The zero-order chi connectivity index (χ0) is 17.6. The van der Waals surface area contributed by atoms with Gasteiger partial charge in [-0.1, -0.05) is 66.2 Å². The summed E-state index contributed by atoms with van der Waals surface area (Å²) < 4.78 is 0. The van der Waals surface area contributed by atoms with E-state index in [-0.39, 0.29) is 18.0 Å². The SMILES string of the molecule is Cc1ccc(CC(=O)c2cccc3c2C(=O)c2ccccc2-3)c(Cl)c1. The van der Waals surface area contributed by atoms with Crippen molar-refractivity contribution < 1.29 is 9.59 Å². The Hall–Kier alpha value is -2.71. The summed E-state index contributed by atoms with van der Waals surface area (Å²) in [4.78, 5) is 25.7. The van der Waals surface area contributed by atoms with Gasteiger partial charge < -0.3 is 0 Å². The molecule has 25 heavy (non-hydrogen) atoms. The van der Waals surface area contributed by atoms with Gasteiger partial charge in [-0.25, -0.2) is 0 Å². The standard InChI is InChI=1S/C22H15ClO2/c1-13-9-10-14(19(23)11-13)12-20(24)18-8-4-7-16-15-5-2-3-6-17(15)22(25)21(16)18/h2-11H,12H2,1H3. The largest absolute Gasteiger partial charge is 0.294 e. The fourth-order valence-corrected chi connectivity index (χ4v) is 3.67. The van der Waals surface area contributed by atoms with Gasteiger partial charge in [-0.3, -0.25) is 9.59 Å². The number of carbonyl (C=O) groups is 2. The van der Waals surface area contributed by atoms with Gasteiger partial charge in [0.25, 0.3) is 0 Å². The van der Waals surface area contributed by atoms with Gasteiger partial charge in [-0.15, -0.1) is 0 Å². The average Bonchev–Trinajstić information content (AvgIpc) is 2.91. The molecule has 0 unspecified atom stereocenters. The van der Waals surface area contributed by atoms with Crippen molar-refractivity contribution in [1.29, 1.82) is 0 Å². The molecule has 2 nitrogen and oxygen atoms in total. The van der Waals surface area contributed by atoms with Crippen LogP contribution in [0.25, 0.3) is 11.1 Å². The fraction of sp³-hybridized carbons (Fsp3) is 0.0909. The van der Waals surface area contributed by atoms with E-state index in [1.807, 2.05) is 61.5 Å². The van der Waals surface area contributed by atoms with Gasteiger partial charge in [-0.05, 0) is 35.2 Å². The minimum atomic E-state index is -0.0937. The van der Waals surface area contributed by atoms with Crippen molar-refractivity contribution in [2.45, 2.75) is 13.3 Å². The Morgan fingerprint density at radius 3 is 2.40 bits per heavy atom. The second kappa shape index (κ2) is 5.98. The molecule has 0 aromatic heterocycles. The molecular weight excluding hydrogens is 332 g/mol. The molecule has 3 heteroatoms. The zero-order valence-electron chi connectivity index (χ0n) is 13.7. The van der Waals surface area contributed by atoms with Crippen molar-refractivity contribution in [2.24, 2.45) is 0 Å². The van der Waals surface area contributed by atoms with Crippen LogP contribution >= 0.6 is 11.6 Å². The van der Waals surface area contributed by atoms with Crippen molar-refractivity contribution in [3.8, 4) is 11.1 Å². The maximum Gasteiger partial charge on any atom is 0.195 e. The van der Waals surface area contributed by atoms with E-state index in [9.17, 15) is 9.59 Å². The van der Waals surface area contributed by atoms with Crippen molar-refractivity contribution in [3.05, 3.63) is 93.5 Å². The first-order valence-corrected chi connectivity index (χ1v) is 8.49. The Morgan fingerprint density at radius 1 is 0.920 bits per heavy atom. The first-order chi connectivity index (χ1) is 12.1. The zero-order valence-corrected chi connectivity index (χ0v) is 14.4. The maximum atomic E-state index is 12.9. The van der Waals surface area contributed by atoms with Crippen LogP contribution in [0.3, 0.4) is 0 Å². The number of fused-ring (bicyclic) bond motifs is 3. The third kappa shape index (κ3) is 2.59. The molecule has 3 aromatic rings. The molecule has 4 rings (SSSR count). The first kappa shape index (κ1) is 15.8. The van der Waals surface area contributed by atoms with Gasteiger partial charge in [-0.2, -0.15) is 0 Å². The average molecular weight is 347 g/mol. The Bertz CT molecular complexity index is 1030. The van der Waals surface area contributed by atoms with Crippen molar-refractivity contribution in [1.82, 2.24) is 0 Å². The normalized spacial score (nSPS) is 12.0. The van der Waals surface area contributed by atoms with E-state index < -0.39 is 0 Å². The minimum absolute atomic E-state index is 0.0791. The van der Waals surface area contributed by atoms with Crippen LogP contribution in [0.4, 0.5) is 0 Å². The maximum absolute atomic E-state index is 12.9. The molecule has 0 spiro atoms. The van der Waals surface area contributed by atoms with Gasteiger partial charge >= 0.3 is 0 Å². The van der Waals surface area contributed by atoms with Crippen molar-refractivity contribution in [3.63, 3.8) is 0 Å².